The second-order valence-electron chi connectivity index (χ2n) is 5.91. The predicted octanol–water partition coefficient (Wildman–Crippen LogP) is 1.90. The molecule has 1 amide bonds. The molecule has 3 N–H and O–H groups in total. The fraction of sp³-hybridized carbons (Fsp3) is 0.235. The van der Waals surface area contributed by atoms with E-state index in [2.05, 4.69) is 15.8 Å². The number of nitrogens with zero attached hydrogens (tertiary/aromatic N) is 3. The molecule has 0 saturated carbocycles. The molecular formula is C17H21N5O4S. The highest BCUT2D eigenvalue weighted by molar-refractivity contribution is 7.89. The number of nitrogens with one attached hydrogen (secondary N) is 1. The molecule has 0 bridgehead atoms. The lowest BCUT2D eigenvalue weighted by atomic mass is 10.2. The third-order valence-corrected chi connectivity index (χ3v) is 4.45. The molecule has 0 spiro atoms. The summed E-state index contributed by atoms with van der Waals surface area (Å²) in [5.41, 5.74) is 4.42. The Hall–Kier alpha value is -2.98. The van der Waals surface area contributed by atoms with E-state index in [1.807, 2.05) is 31.1 Å². The molecule has 27 heavy (non-hydrogen) atoms. The molecule has 0 atom stereocenters. The molecule has 0 saturated heterocycles. The number of sulfonamides is 1. The molecule has 2 aromatic carbocycles. The van der Waals surface area contributed by atoms with Gasteiger partial charge in [-0.25, -0.2) is 19.0 Å². The Morgan fingerprint density at radius 1 is 1.19 bits per heavy atom. The first-order valence-corrected chi connectivity index (χ1v) is 9.44. The van der Waals surface area contributed by atoms with Gasteiger partial charge in [0.1, 0.15) is 5.75 Å². The quantitative estimate of drug-likeness (QED) is 0.550. The number of primary sulfonamides is 1. The number of benzene rings is 2. The van der Waals surface area contributed by atoms with Crippen LogP contribution in [0.25, 0.3) is 0 Å². The van der Waals surface area contributed by atoms with Crippen molar-refractivity contribution in [3.05, 3.63) is 48.0 Å². The van der Waals surface area contributed by atoms with Crippen LogP contribution >= 0.6 is 0 Å². The summed E-state index contributed by atoms with van der Waals surface area (Å²) in [7, 11) is 0.0788. The van der Waals surface area contributed by atoms with E-state index < -0.39 is 15.9 Å². The van der Waals surface area contributed by atoms with Crippen LogP contribution in [0.15, 0.2) is 57.7 Å². The van der Waals surface area contributed by atoms with Crippen molar-refractivity contribution in [1.82, 2.24) is 5.43 Å². The Bertz CT molecular complexity index is 940. The molecule has 9 nitrogen and oxygen atoms in total. The van der Waals surface area contributed by atoms with E-state index in [4.69, 9.17) is 9.88 Å². The number of aryl methyl sites for hydroxylation is 1. The molecule has 144 valence electrons. The first kappa shape index (κ1) is 20.3. The largest absolute Gasteiger partial charge is 0.483 e. The highest BCUT2D eigenvalue weighted by atomic mass is 32.2. The lowest BCUT2D eigenvalue weighted by molar-refractivity contribution is -0.123. The van der Waals surface area contributed by atoms with Gasteiger partial charge in [-0.3, -0.25) is 4.79 Å². The highest BCUT2D eigenvalue weighted by Crippen LogP contribution is 2.21. The third kappa shape index (κ3) is 6.04. The number of hydrogen-bond acceptors (Lipinski definition) is 7. The summed E-state index contributed by atoms with van der Waals surface area (Å²) in [5.74, 6) is -0.132. The van der Waals surface area contributed by atoms with E-state index in [0.717, 1.165) is 5.69 Å². The van der Waals surface area contributed by atoms with Crippen molar-refractivity contribution < 1.29 is 17.9 Å². The zero-order valence-electron chi connectivity index (χ0n) is 15.2. The maximum absolute atomic E-state index is 11.8. The average Bonchev–Trinajstić information content (AvgIpc) is 2.60. The summed E-state index contributed by atoms with van der Waals surface area (Å²) in [6, 6.07) is 11.4. The number of amides is 1. The van der Waals surface area contributed by atoms with Gasteiger partial charge < -0.3 is 9.64 Å². The van der Waals surface area contributed by atoms with Crippen LogP contribution in [-0.2, 0) is 14.8 Å². The third-order valence-electron chi connectivity index (χ3n) is 3.54. The zero-order valence-corrected chi connectivity index (χ0v) is 16.0. The Labute approximate surface area is 157 Å². The monoisotopic (exact) mass is 391 g/mol. The summed E-state index contributed by atoms with van der Waals surface area (Å²) in [6.07, 6.45) is 0. The molecule has 0 radical (unpaired) electrons. The highest BCUT2D eigenvalue weighted by Gasteiger charge is 2.11. The molecule has 0 aliphatic rings. The van der Waals surface area contributed by atoms with Crippen LogP contribution in [0.4, 0.5) is 11.4 Å². The van der Waals surface area contributed by atoms with Gasteiger partial charge in [0.15, 0.2) is 6.61 Å². The second kappa shape index (κ2) is 8.60. The Balaban J connectivity index is 1.87. The van der Waals surface area contributed by atoms with Gasteiger partial charge in [0.25, 0.3) is 5.91 Å². The minimum absolute atomic E-state index is 0.0223. The average molecular weight is 391 g/mol. The number of rotatable bonds is 7. The standard InChI is InChI=1S/C17H21N5O4S/c1-12-10-15(27(18,24)25)8-9-16(12)26-11-17(23)20-21-19-13-4-6-14(7-5-13)22(2)3/h4-10H,11H2,1-3H3,(H2,18,24,25)(H,19,20,23). The maximum Gasteiger partial charge on any atom is 0.279 e. The van der Waals surface area contributed by atoms with Gasteiger partial charge in [-0.15, -0.1) is 5.11 Å². The molecule has 0 heterocycles. The maximum atomic E-state index is 11.8. The van der Waals surface area contributed by atoms with Crippen molar-refractivity contribution in [2.45, 2.75) is 11.8 Å². The summed E-state index contributed by atoms with van der Waals surface area (Å²) < 4.78 is 28.0. The van der Waals surface area contributed by atoms with Crippen molar-refractivity contribution >= 4 is 27.3 Å². The van der Waals surface area contributed by atoms with Crippen molar-refractivity contribution in [2.24, 2.45) is 15.5 Å². The summed E-state index contributed by atoms with van der Waals surface area (Å²) in [6.45, 7) is 1.35. The van der Waals surface area contributed by atoms with Gasteiger partial charge in [0.05, 0.1) is 10.6 Å². The fourth-order valence-electron chi connectivity index (χ4n) is 2.09. The van der Waals surface area contributed by atoms with Crippen LogP contribution in [0, 0.1) is 6.92 Å². The van der Waals surface area contributed by atoms with Crippen molar-refractivity contribution in [1.29, 1.82) is 0 Å². The smallest absolute Gasteiger partial charge is 0.279 e. The van der Waals surface area contributed by atoms with Crippen molar-refractivity contribution in [3.8, 4) is 5.75 Å². The first-order chi connectivity index (χ1) is 12.7. The molecule has 0 aliphatic heterocycles. The molecule has 0 aliphatic carbocycles. The lowest BCUT2D eigenvalue weighted by Crippen LogP contribution is -2.24. The van der Waals surface area contributed by atoms with Gasteiger partial charge in [-0.1, -0.05) is 5.22 Å². The predicted molar refractivity (Wildman–Crippen MR) is 101 cm³/mol. The Morgan fingerprint density at radius 3 is 2.41 bits per heavy atom. The van der Waals surface area contributed by atoms with E-state index >= 15 is 0 Å². The zero-order chi connectivity index (χ0) is 20.0. The number of anilines is 1. The van der Waals surface area contributed by atoms with E-state index in [0.29, 0.717) is 17.0 Å². The molecule has 2 rings (SSSR count). The Kier molecular flexibility index (Phi) is 6.48. The Morgan fingerprint density at radius 2 is 1.85 bits per heavy atom. The van der Waals surface area contributed by atoms with Crippen LogP contribution in [0.2, 0.25) is 0 Å². The van der Waals surface area contributed by atoms with Gasteiger partial charge >= 0.3 is 0 Å². The minimum atomic E-state index is -3.78. The molecule has 0 fully saturated rings. The van der Waals surface area contributed by atoms with Crippen LogP contribution in [0.5, 0.6) is 5.75 Å². The van der Waals surface area contributed by atoms with Crippen LogP contribution < -0.4 is 20.2 Å². The number of nitrogens with two attached hydrogens (primary N) is 1. The molecule has 0 aromatic heterocycles. The van der Waals surface area contributed by atoms with Crippen LogP contribution in [0.3, 0.4) is 0 Å². The summed E-state index contributed by atoms with van der Waals surface area (Å²) in [5, 5.41) is 12.6. The number of ether oxygens (including phenoxy) is 1. The summed E-state index contributed by atoms with van der Waals surface area (Å²) in [4.78, 5) is 13.7. The van der Waals surface area contributed by atoms with Gasteiger partial charge in [-0.2, -0.15) is 0 Å². The van der Waals surface area contributed by atoms with Gasteiger partial charge in [-0.05, 0) is 55.0 Å². The van der Waals surface area contributed by atoms with E-state index in [1.165, 1.54) is 18.2 Å². The number of carbonyl (C=O) groups is 1. The van der Waals surface area contributed by atoms with E-state index in [9.17, 15) is 13.2 Å². The number of hydrogen-bond donors (Lipinski definition) is 2. The minimum Gasteiger partial charge on any atom is -0.483 e. The topological polar surface area (TPSA) is 126 Å². The molecule has 10 heteroatoms. The van der Waals surface area contributed by atoms with E-state index in [1.54, 1.807) is 19.1 Å². The normalized spacial score (nSPS) is 11.4. The number of carbonyl (C=O) groups excluding carboxylic acids is 1. The van der Waals surface area contributed by atoms with Crippen LogP contribution in [0.1, 0.15) is 5.56 Å². The fourth-order valence-corrected chi connectivity index (χ4v) is 2.69. The van der Waals surface area contributed by atoms with Gasteiger partial charge in [0.2, 0.25) is 10.0 Å². The first-order valence-electron chi connectivity index (χ1n) is 7.90. The van der Waals surface area contributed by atoms with Crippen LogP contribution in [-0.4, -0.2) is 35.0 Å². The summed E-state index contributed by atoms with van der Waals surface area (Å²) >= 11 is 0. The lowest BCUT2D eigenvalue weighted by Gasteiger charge is -2.11. The van der Waals surface area contributed by atoms with Crippen molar-refractivity contribution in [3.63, 3.8) is 0 Å². The van der Waals surface area contributed by atoms with E-state index in [-0.39, 0.29) is 11.5 Å². The molecule has 0 unspecified atom stereocenters. The second-order valence-corrected chi connectivity index (χ2v) is 7.47. The SMILES string of the molecule is Cc1cc(S(N)(=O)=O)ccc1OCC(=O)NN=Nc1ccc(N(C)C)cc1. The van der Waals surface area contributed by atoms with Crippen molar-refractivity contribution in [2.75, 3.05) is 25.6 Å². The molecule has 2 aromatic rings. The van der Waals surface area contributed by atoms with Gasteiger partial charge in [0, 0.05) is 19.8 Å². The molecular weight excluding hydrogens is 370 g/mol.